The first-order valence-corrected chi connectivity index (χ1v) is 11.0. The van der Waals surface area contributed by atoms with Gasteiger partial charge in [0.25, 0.3) is 5.91 Å². The Kier molecular flexibility index (Phi) is 9.58. The SMILES string of the molecule is CC.CC#CCCN(N)/C=C(\C)c1ccc2c(c1)CN(Cc1ccc(OC(F)(F)F)cc1)C2=O. The Hall–Kier alpha value is -3.44. The summed E-state index contributed by atoms with van der Waals surface area (Å²) in [4.78, 5) is 14.4. The minimum Gasteiger partial charge on any atom is -0.406 e. The highest BCUT2D eigenvalue weighted by atomic mass is 19.4. The highest BCUT2D eigenvalue weighted by molar-refractivity contribution is 5.98. The van der Waals surface area contributed by atoms with Crippen LogP contribution in [0.3, 0.4) is 0 Å². The van der Waals surface area contributed by atoms with E-state index in [2.05, 4.69) is 16.6 Å². The van der Waals surface area contributed by atoms with Gasteiger partial charge in [0.1, 0.15) is 5.75 Å². The minimum absolute atomic E-state index is 0.109. The molecule has 0 saturated heterocycles. The van der Waals surface area contributed by atoms with Crippen LogP contribution in [-0.4, -0.2) is 28.7 Å². The van der Waals surface area contributed by atoms with Gasteiger partial charge < -0.3 is 14.6 Å². The Bertz CT molecular complexity index is 1070. The third kappa shape index (κ3) is 7.56. The van der Waals surface area contributed by atoms with Crippen LogP contribution in [0.4, 0.5) is 13.2 Å². The first kappa shape index (κ1) is 26.8. The van der Waals surface area contributed by atoms with Crippen molar-refractivity contribution >= 4 is 11.5 Å². The first-order chi connectivity index (χ1) is 16.2. The summed E-state index contributed by atoms with van der Waals surface area (Å²) in [6, 6.07) is 11.2. The van der Waals surface area contributed by atoms with E-state index in [0.717, 1.165) is 16.7 Å². The van der Waals surface area contributed by atoms with Crippen LogP contribution in [0.1, 0.15) is 61.2 Å². The van der Waals surface area contributed by atoms with E-state index in [9.17, 15) is 18.0 Å². The first-order valence-electron chi connectivity index (χ1n) is 11.0. The number of carbonyl (C=O) groups is 1. The van der Waals surface area contributed by atoms with Crippen molar-refractivity contribution in [2.45, 2.75) is 53.6 Å². The molecule has 1 aliphatic heterocycles. The Morgan fingerprint density at radius 1 is 1.21 bits per heavy atom. The number of benzene rings is 2. The lowest BCUT2D eigenvalue weighted by Gasteiger charge is -2.16. The second-order valence-corrected chi connectivity index (χ2v) is 7.45. The molecule has 3 rings (SSSR count). The molecule has 8 heteroatoms. The number of nitrogens with two attached hydrogens (primary N) is 1. The fourth-order valence-electron chi connectivity index (χ4n) is 3.47. The zero-order valence-corrected chi connectivity index (χ0v) is 19.9. The number of nitrogens with zero attached hydrogens (tertiary/aromatic N) is 2. The third-order valence-electron chi connectivity index (χ3n) is 5.00. The molecule has 1 aliphatic rings. The maximum atomic E-state index is 12.8. The van der Waals surface area contributed by atoms with Crippen LogP contribution in [0.2, 0.25) is 0 Å². The van der Waals surface area contributed by atoms with Gasteiger partial charge in [0.05, 0.1) is 0 Å². The summed E-state index contributed by atoms with van der Waals surface area (Å²) < 4.78 is 40.8. The lowest BCUT2D eigenvalue weighted by atomic mass is 10.0. The van der Waals surface area contributed by atoms with Gasteiger partial charge in [-0.3, -0.25) is 4.79 Å². The number of ether oxygens (including phenoxy) is 1. The Labute approximate surface area is 199 Å². The third-order valence-corrected chi connectivity index (χ3v) is 5.00. The number of amides is 1. The quantitative estimate of drug-likeness (QED) is 0.318. The van der Waals surface area contributed by atoms with Gasteiger partial charge in [0, 0.05) is 37.8 Å². The summed E-state index contributed by atoms with van der Waals surface area (Å²) in [5.41, 5.74) is 4.17. The highest BCUT2D eigenvalue weighted by Gasteiger charge is 2.31. The predicted molar refractivity (Wildman–Crippen MR) is 127 cm³/mol. The number of allylic oxidation sites excluding steroid dienone is 1. The number of halogens is 3. The Balaban J connectivity index is 0.00000199. The van der Waals surface area contributed by atoms with Crippen LogP contribution in [0, 0.1) is 11.8 Å². The number of hydrogen-bond acceptors (Lipinski definition) is 4. The monoisotopic (exact) mass is 473 g/mol. The van der Waals surface area contributed by atoms with E-state index in [1.165, 1.54) is 24.3 Å². The molecule has 34 heavy (non-hydrogen) atoms. The van der Waals surface area contributed by atoms with Gasteiger partial charge in [-0.2, -0.15) is 0 Å². The lowest BCUT2D eigenvalue weighted by Crippen LogP contribution is -2.26. The van der Waals surface area contributed by atoms with Gasteiger partial charge >= 0.3 is 6.36 Å². The number of fused-ring (bicyclic) bond motifs is 1. The molecule has 0 saturated carbocycles. The van der Waals surface area contributed by atoms with Crippen molar-refractivity contribution in [3.8, 4) is 17.6 Å². The normalized spacial score (nSPS) is 12.9. The van der Waals surface area contributed by atoms with Gasteiger partial charge in [-0.25, -0.2) is 5.84 Å². The van der Waals surface area contributed by atoms with Gasteiger partial charge in [-0.05, 0) is 60.4 Å². The molecule has 0 radical (unpaired) electrons. The molecule has 5 nitrogen and oxygen atoms in total. The largest absolute Gasteiger partial charge is 0.573 e. The van der Waals surface area contributed by atoms with E-state index in [1.807, 2.05) is 39.1 Å². The van der Waals surface area contributed by atoms with Gasteiger partial charge in [-0.1, -0.05) is 32.0 Å². The standard InChI is InChI=1S/C24H24F3N3O2.C2H6/c1-3-4-5-12-30(28)14-17(2)19-8-11-22-20(13-19)16-29(23(22)31)15-18-6-9-21(10-7-18)32-24(25,26)27;1-2/h6-11,13-14H,5,12,15-16,28H2,1-2H3;1-2H3/b17-14+;. The molecule has 2 aromatic rings. The van der Waals surface area contributed by atoms with Crippen LogP contribution < -0.4 is 10.6 Å². The number of hydrogen-bond donors (Lipinski definition) is 1. The van der Waals surface area contributed by atoms with Gasteiger partial charge in [-0.15, -0.1) is 25.0 Å². The van der Waals surface area contributed by atoms with Crippen molar-refractivity contribution < 1.29 is 22.7 Å². The minimum atomic E-state index is -4.73. The number of rotatable bonds is 7. The van der Waals surface area contributed by atoms with Gasteiger partial charge in [0.15, 0.2) is 0 Å². The molecule has 0 spiro atoms. The Morgan fingerprint density at radius 2 is 1.88 bits per heavy atom. The van der Waals surface area contributed by atoms with E-state index >= 15 is 0 Å². The van der Waals surface area contributed by atoms with Crippen molar-refractivity contribution in [3.63, 3.8) is 0 Å². The summed E-state index contributed by atoms with van der Waals surface area (Å²) in [5, 5.41) is 1.59. The van der Waals surface area contributed by atoms with Crippen LogP contribution >= 0.6 is 0 Å². The molecule has 2 N–H and O–H groups in total. The average Bonchev–Trinajstić information content (AvgIpc) is 3.10. The smallest absolute Gasteiger partial charge is 0.406 e. The van der Waals surface area contributed by atoms with Crippen LogP contribution in [-0.2, 0) is 13.1 Å². The topological polar surface area (TPSA) is 58.8 Å². The molecule has 182 valence electrons. The summed E-state index contributed by atoms with van der Waals surface area (Å²) in [6.07, 6.45) is -2.21. The van der Waals surface area contributed by atoms with E-state index < -0.39 is 6.36 Å². The highest BCUT2D eigenvalue weighted by Crippen LogP contribution is 2.29. The molecular weight excluding hydrogens is 443 g/mol. The molecule has 0 bridgehead atoms. The lowest BCUT2D eigenvalue weighted by molar-refractivity contribution is -0.274. The van der Waals surface area contributed by atoms with Crippen LogP contribution in [0.25, 0.3) is 5.57 Å². The molecule has 0 unspecified atom stereocenters. The molecule has 1 amide bonds. The van der Waals surface area contributed by atoms with Crippen LogP contribution in [0.15, 0.2) is 48.7 Å². The molecule has 0 aromatic heterocycles. The summed E-state index contributed by atoms with van der Waals surface area (Å²) in [6.45, 7) is 9.07. The zero-order valence-electron chi connectivity index (χ0n) is 19.9. The predicted octanol–water partition coefficient (Wildman–Crippen LogP) is 5.72. The summed E-state index contributed by atoms with van der Waals surface area (Å²) in [5.74, 6) is 11.4. The van der Waals surface area contributed by atoms with Gasteiger partial charge in [0.2, 0.25) is 0 Å². The fourth-order valence-corrected chi connectivity index (χ4v) is 3.47. The second-order valence-electron chi connectivity index (χ2n) is 7.45. The molecule has 2 aromatic carbocycles. The zero-order chi connectivity index (χ0) is 25.3. The maximum Gasteiger partial charge on any atom is 0.573 e. The molecule has 0 fully saturated rings. The number of alkyl halides is 3. The van der Waals surface area contributed by atoms with E-state index in [-0.39, 0.29) is 11.7 Å². The van der Waals surface area contributed by atoms with Crippen molar-refractivity contribution in [2.75, 3.05) is 6.54 Å². The van der Waals surface area contributed by atoms with Crippen molar-refractivity contribution in [2.24, 2.45) is 5.84 Å². The van der Waals surface area contributed by atoms with E-state index in [0.29, 0.717) is 37.2 Å². The van der Waals surface area contributed by atoms with E-state index in [4.69, 9.17) is 5.84 Å². The number of carbonyl (C=O) groups excluding carboxylic acids is 1. The van der Waals surface area contributed by atoms with Crippen molar-refractivity contribution in [1.82, 2.24) is 9.91 Å². The van der Waals surface area contributed by atoms with Crippen LogP contribution in [0.5, 0.6) is 5.75 Å². The van der Waals surface area contributed by atoms with E-state index in [1.54, 1.807) is 22.9 Å². The van der Waals surface area contributed by atoms with Crippen molar-refractivity contribution in [1.29, 1.82) is 0 Å². The summed E-state index contributed by atoms with van der Waals surface area (Å²) >= 11 is 0. The molecule has 0 atom stereocenters. The Morgan fingerprint density at radius 3 is 2.50 bits per heavy atom. The fraction of sp³-hybridized carbons (Fsp3) is 0.346. The molecule has 1 heterocycles. The second kappa shape index (κ2) is 12.1. The average molecular weight is 474 g/mol. The van der Waals surface area contributed by atoms with Crippen molar-refractivity contribution in [3.05, 3.63) is 70.9 Å². The molecule has 0 aliphatic carbocycles. The molecular formula is C26H30F3N3O2. The maximum absolute atomic E-state index is 12.8. The summed E-state index contributed by atoms with van der Waals surface area (Å²) in [7, 11) is 0. The number of hydrazine groups is 1.